The highest BCUT2D eigenvalue weighted by Crippen LogP contribution is 2.24. The Hall–Kier alpha value is -0.930. The zero-order chi connectivity index (χ0) is 12.4. The summed E-state index contributed by atoms with van der Waals surface area (Å²) in [5, 5.41) is 0.438. The van der Waals surface area contributed by atoms with Crippen molar-refractivity contribution in [1.29, 1.82) is 0 Å². The number of hydrogen-bond donors (Lipinski definition) is 1. The van der Waals surface area contributed by atoms with Crippen LogP contribution in [0.2, 0.25) is 5.02 Å². The molecule has 0 spiro atoms. The Labute approximate surface area is 119 Å². The van der Waals surface area contributed by atoms with Crippen molar-refractivity contribution in [2.45, 2.75) is 32.2 Å². The molecule has 1 aromatic rings. The molecule has 5 heteroatoms. The van der Waals surface area contributed by atoms with E-state index in [4.69, 9.17) is 17.3 Å². The van der Waals surface area contributed by atoms with Crippen LogP contribution in [0.15, 0.2) is 18.2 Å². The molecule has 1 aromatic carbocycles. The lowest BCUT2D eigenvalue weighted by Crippen LogP contribution is -2.42. The average molecular weight is 289 g/mol. The number of benzene rings is 1. The third-order valence-corrected chi connectivity index (χ3v) is 3.60. The summed E-state index contributed by atoms with van der Waals surface area (Å²) in [5.74, 6) is 0.0159. The van der Waals surface area contributed by atoms with E-state index >= 15 is 0 Å². The number of likely N-dealkylation sites (tertiary alicyclic amines) is 1. The number of nitrogens with zero attached hydrogens (tertiary/aromatic N) is 1. The van der Waals surface area contributed by atoms with Crippen LogP contribution in [-0.4, -0.2) is 23.4 Å². The lowest BCUT2D eigenvalue weighted by atomic mass is 10.0. The van der Waals surface area contributed by atoms with Gasteiger partial charge in [0, 0.05) is 18.3 Å². The first-order valence-electron chi connectivity index (χ1n) is 5.95. The zero-order valence-corrected chi connectivity index (χ0v) is 11.9. The smallest absolute Gasteiger partial charge is 0.255 e. The summed E-state index contributed by atoms with van der Waals surface area (Å²) in [7, 11) is 0. The number of amides is 1. The molecule has 0 bridgehead atoms. The second-order valence-corrected chi connectivity index (χ2v) is 4.99. The van der Waals surface area contributed by atoms with Crippen LogP contribution >= 0.6 is 24.0 Å². The Kier molecular flexibility index (Phi) is 5.29. The van der Waals surface area contributed by atoms with Crippen molar-refractivity contribution >= 4 is 35.6 Å². The minimum Gasteiger partial charge on any atom is -0.399 e. The summed E-state index contributed by atoms with van der Waals surface area (Å²) >= 11 is 6.06. The van der Waals surface area contributed by atoms with Gasteiger partial charge in [-0.15, -0.1) is 12.4 Å². The Morgan fingerprint density at radius 2 is 2.17 bits per heavy atom. The van der Waals surface area contributed by atoms with Gasteiger partial charge in [-0.3, -0.25) is 4.79 Å². The maximum Gasteiger partial charge on any atom is 0.255 e. The molecule has 1 aliphatic rings. The summed E-state index contributed by atoms with van der Waals surface area (Å²) in [6.45, 7) is 2.91. The highest BCUT2D eigenvalue weighted by atomic mass is 35.5. The van der Waals surface area contributed by atoms with E-state index < -0.39 is 0 Å². The average Bonchev–Trinajstić information content (AvgIpc) is 2.29. The number of halogens is 2. The van der Waals surface area contributed by atoms with E-state index in [2.05, 4.69) is 6.92 Å². The van der Waals surface area contributed by atoms with Crippen molar-refractivity contribution in [3.8, 4) is 0 Å². The second-order valence-electron chi connectivity index (χ2n) is 4.58. The zero-order valence-electron chi connectivity index (χ0n) is 10.4. The third kappa shape index (κ3) is 3.09. The molecule has 1 atom stereocenters. The van der Waals surface area contributed by atoms with Gasteiger partial charge >= 0.3 is 0 Å². The van der Waals surface area contributed by atoms with Crippen molar-refractivity contribution < 1.29 is 4.79 Å². The van der Waals surface area contributed by atoms with Crippen molar-refractivity contribution in [2.24, 2.45) is 0 Å². The van der Waals surface area contributed by atoms with Crippen LogP contribution in [-0.2, 0) is 0 Å². The molecule has 0 aromatic heterocycles. The quantitative estimate of drug-likeness (QED) is 0.806. The van der Waals surface area contributed by atoms with Crippen LogP contribution in [0.1, 0.15) is 36.5 Å². The molecule has 1 heterocycles. The SMILES string of the molecule is CC1CCCCN1C(=O)c1ccc(N)cc1Cl.Cl. The van der Waals surface area contributed by atoms with Gasteiger partial charge in [-0.05, 0) is 44.4 Å². The molecule has 2 N–H and O–H groups in total. The predicted octanol–water partition coefficient (Wildman–Crippen LogP) is 3.36. The molecular weight excluding hydrogens is 271 g/mol. The molecule has 100 valence electrons. The molecule has 0 aliphatic carbocycles. The van der Waals surface area contributed by atoms with E-state index in [1.54, 1.807) is 18.2 Å². The molecule has 1 amide bonds. The molecule has 18 heavy (non-hydrogen) atoms. The van der Waals surface area contributed by atoms with Gasteiger partial charge < -0.3 is 10.6 Å². The Balaban J connectivity index is 0.00000162. The number of piperidine rings is 1. The van der Waals surface area contributed by atoms with E-state index in [0.717, 1.165) is 19.4 Å². The maximum atomic E-state index is 12.3. The van der Waals surface area contributed by atoms with Gasteiger partial charge in [0.25, 0.3) is 5.91 Å². The lowest BCUT2D eigenvalue weighted by Gasteiger charge is -2.33. The van der Waals surface area contributed by atoms with Crippen LogP contribution in [0.5, 0.6) is 0 Å². The molecule has 1 fully saturated rings. The Morgan fingerprint density at radius 3 is 2.78 bits per heavy atom. The molecule has 0 saturated carbocycles. The fraction of sp³-hybridized carbons (Fsp3) is 0.462. The van der Waals surface area contributed by atoms with Gasteiger partial charge in [0.2, 0.25) is 0 Å². The fourth-order valence-electron chi connectivity index (χ4n) is 2.26. The molecule has 1 unspecified atom stereocenters. The van der Waals surface area contributed by atoms with Crippen LogP contribution in [0.3, 0.4) is 0 Å². The van der Waals surface area contributed by atoms with Crippen molar-refractivity contribution in [3.05, 3.63) is 28.8 Å². The van der Waals surface area contributed by atoms with E-state index in [-0.39, 0.29) is 18.3 Å². The van der Waals surface area contributed by atoms with E-state index in [1.807, 2.05) is 4.90 Å². The standard InChI is InChI=1S/C13H17ClN2O.ClH/c1-9-4-2-3-7-16(9)13(17)11-6-5-10(15)8-12(11)14;/h5-6,8-9H,2-4,7,15H2,1H3;1H. The number of carbonyl (C=O) groups is 1. The molecule has 3 nitrogen and oxygen atoms in total. The largest absolute Gasteiger partial charge is 0.399 e. The number of rotatable bonds is 1. The molecule has 1 aliphatic heterocycles. The Bertz CT molecular complexity index is 437. The molecule has 1 saturated heterocycles. The molecular formula is C13H18Cl2N2O. The second kappa shape index (κ2) is 6.30. The monoisotopic (exact) mass is 288 g/mol. The maximum absolute atomic E-state index is 12.3. The van der Waals surface area contributed by atoms with Crippen LogP contribution in [0.4, 0.5) is 5.69 Å². The highest BCUT2D eigenvalue weighted by molar-refractivity contribution is 6.34. The van der Waals surface area contributed by atoms with E-state index in [1.165, 1.54) is 6.42 Å². The van der Waals surface area contributed by atoms with Gasteiger partial charge in [-0.1, -0.05) is 11.6 Å². The van der Waals surface area contributed by atoms with Crippen molar-refractivity contribution in [2.75, 3.05) is 12.3 Å². The minimum absolute atomic E-state index is 0. The minimum atomic E-state index is 0. The predicted molar refractivity (Wildman–Crippen MR) is 77.5 cm³/mol. The number of carbonyl (C=O) groups excluding carboxylic acids is 1. The van der Waals surface area contributed by atoms with Gasteiger partial charge in [-0.2, -0.15) is 0 Å². The highest BCUT2D eigenvalue weighted by Gasteiger charge is 2.25. The van der Waals surface area contributed by atoms with E-state index in [9.17, 15) is 4.79 Å². The summed E-state index contributed by atoms with van der Waals surface area (Å²) < 4.78 is 0. The summed E-state index contributed by atoms with van der Waals surface area (Å²) in [4.78, 5) is 14.2. The first-order chi connectivity index (χ1) is 8.09. The fourth-order valence-corrected chi connectivity index (χ4v) is 2.53. The summed E-state index contributed by atoms with van der Waals surface area (Å²) in [6.07, 6.45) is 3.33. The topological polar surface area (TPSA) is 46.3 Å². The van der Waals surface area contributed by atoms with Gasteiger partial charge in [-0.25, -0.2) is 0 Å². The van der Waals surface area contributed by atoms with Crippen LogP contribution < -0.4 is 5.73 Å². The Morgan fingerprint density at radius 1 is 1.44 bits per heavy atom. The molecule has 0 radical (unpaired) electrons. The number of hydrogen-bond acceptors (Lipinski definition) is 2. The van der Waals surface area contributed by atoms with Crippen LogP contribution in [0, 0.1) is 0 Å². The van der Waals surface area contributed by atoms with Gasteiger partial charge in [0.1, 0.15) is 0 Å². The van der Waals surface area contributed by atoms with Gasteiger partial charge in [0.05, 0.1) is 10.6 Å². The first-order valence-corrected chi connectivity index (χ1v) is 6.33. The lowest BCUT2D eigenvalue weighted by molar-refractivity contribution is 0.0636. The normalized spacial score (nSPS) is 19.2. The number of anilines is 1. The van der Waals surface area contributed by atoms with Gasteiger partial charge in [0.15, 0.2) is 0 Å². The van der Waals surface area contributed by atoms with E-state index in [0.29, 0.717) is 22.3 Å². The third-order valence-electron chi connectivity index (χ3n) is 3.29. The molecule has 2 rings (SSSR count). The summed E-state index contributed by atoms with van der Waals surface area (Å²) in [5.41, 5.74) is 6.76. The van der Waals surface area contributed by atoms with Crippen LogP contribution in [0.25, 0.3) is 0 Å². The first kappa shape index (κ1) is 15.1. The number of nitrogen functional groups attached to an aromatic ring is 1. The number of nitrogens with two attached hydrogens (primary N) is 1. The summed E-state index contributed by atoms with van der Waals surface area (Å²) in [6, 6.07) is 5.35. The van der Waals surface area contributed by atoms with Crippen molar-refractivity contribution in [1.82, 2.24) is 4.90 Å². The van der Waals surface area contributed by atoms with Crippen molar-refractivity contribution in [3.63, 3.8) is 0 Å².